The SMILES string of the molecule is Cn1ncc(C#Cc2ccc(S(N)(=O)=O)cc2)c1CCCc1ccccc1. The van der Waals surface area contributed by atoms with E-state index in [0.29, 0.717) is 0 Å². The maximum Gasteiger partial charge on any atom is 0.238 e. The number of aromatic nitrogens is 2. The molecule has 0 saturated carbocycles. The molecule has 0 saturated heterocycles. The minimum Gasteiger partial charge on any atom is -0.271 e. The summed E-state index contributed by atoms with van der Waals surface area (Å²) in [5.41, 5.74) is 4.03. The summed E-state index contributed by atoms with van der Waals surface area (Å²) in [6.07, 6.45) is 4.68. The van der Waals surface area contributed by atoms with Crippen molar-refractivity contribution in [2.45, 2.75) is 24.2 Å². The van der Waals surface area contributed by atoms with E-state index in [-0.39, 0.29) is 4.90 Å². The Kier molecular flexibility index (Phi) is 5.75. The fourth-order valence-corrected chi connectivity index (χ4v) is 3.35. The van der Waals surface area contributed by atoms with Crippen LogP contribution in [0.3, 0.4) is 0 Å². The standard InChI is InChI=1S/C21H21N3O2S/c1-24-21(9-5-8-17-6-3-2-4-7-17)19(16-23-24)13-10-18-11-14-20(15-12-18)27(22,25)26/h2-4,6-7,11-12,14-16H,5,8-9H2,1H3,(H2,22,25,26). The number of hydrogen-bond donors (Lipinski definition) is 1. The summed E-state index contributed by atoms with van der Waals surface area (Å²) >= 11 is 0. The molecule has 0 aliphatic carbocycles. The quantitative estimate of drug-likeness (QED) is 0.692. The van der Waals surface area contributed by atoms with Crippen molar-refractivity contribution in [1.82, 2.24) is 9.78 Å². The topological polar surface area (TPSA) is 78.0 Å². The van der Waals surface area contributed by atoms with Crippen molar-refractivity contribution in [2.24, 2.45) is 12.2 Å². The van der Waals surface area contributed by atoms with Gasteiger partial charge in [0.25, 0.3) is 0 Å². The molecule has 6 heteroatoms. The molecule has 27 heavy (non-hydrogen) atoms. The maximum atomic E-state index is 11.3. The van der Waals surface area contributed by atoms with E-state index in [9.17, 15) is 8.42 Å². The van der Waals surface area contributed by atoms with Gasteiger partial charge in [-0.25, -0.2) is 13.6 Å². The fraction of sp³-hybridized carbons (Fsp3) is 0.190. The molecule has 2 aromatic carbocycles. The molecule has 0 fully saturated rings. The van der Waals surface area contributed by atoms with Crippen LogP contribution in [0.4, 0.5) is 0 Å². The first-order valence-corrected chi connectivity index (χ1v) is 10.2. The highest BCUT2D eigenvalue weighted by Crippen LogP contribution is 2.13. The lowest BCUT2D eigenvalue weighted by Gasteiger charge is -2.04. The number of sulfonamides is 1. The fourth-order valence-electron chi connectivity index (χ4n) is 2.84. The highest BCUT2D eigenvalue weighted by atomic mass is 32.2. The van der Waals surface area contributed by atoms with Gasteiger partial charge in [-0.15, -0.1) is 0 Å². The summed E-state index contributed by atoms with van der Waals surface area (Å²) in [5.74, 6) is 6.21. The monoisotopic (exact) mass is 379 g/mol. The number of primary sulfonamides is 1. The first-order valence-electron chi connectivity index (χ1n) is 8.63. The zero-order valence-electron chi connectivity index (χ0n) is 15.1. The second-order valence-corrected chi connectivity index (χ2v) is 7.85. The van der Waals surface area contributed by atoms with Gasteiger partial charge in [0.1, 0.15) is 0 Å². The minimum absolute atomic E-state index is 0.0797. The molecule has 3 aromatic rings. The van der Waals surface area contributed by atoms with Gasteiger partial charge < -0.3 is 0 Å². The van der Waals surface area contributed by atoms with Gasteiger partial charge >= 0.3 is 0 Å². The van der Waals surface area contributed by atoms with E-state index in [2.05, 4.69) is 41.2 Å². The van der Waals surface area contributed by atoms with Crippen LogP contribution in [0.1, 0.15) is 28.8 Å². The number of nitrogens with two attached hydrogens (primary N) is 1. The van der Waals surface area contributed by atoms with E-state index in [0.717, 1.165) is 36.1 Å². The summed E-state index contributed by atoms with van der Waals surface area (Å²) in [6, 6.07) is 16.6. The molecule has 0 radical (unpaired) electrons. The average molecular weight is 379 g/mol. The smallest absolute Gasteiger partial charge is 0.238 e. The predicted molar refractivity (Wildman–Crippen MR) is 105 cm³/mol. The third kappa shape index (κ3) is 5.07. The van der Waals surface area contributed by atoms with Gasteiger partial charge in [-0.2, -0.15) is 5.10 Å². The van der Waals surface area contributed by atoms with Crippen LogP contribution in [-0.2, 0) is 29.9 Å². The van der Waals surface area contributed by atoms with Crippen molar-refractivity contribution >= 4 is 10.0 Å². The number of rotatable bonds is 5. The maximum absolute atomic E-state index is 11.3. The van der Waals surface area contributed by atoms with Gasteiger partial charge in [-0.1, -0.05) is 42.2 Å². The predicted octanol–water partition coefficient (Wildman–Crippen LogP) is 2.64. The van der Waals surface area contributed by atoms with Crippen molar-refractivity contribution in [3.63, 3.8) is 0 Å². The van der Waals surface area contributed by atoms with Crippen LogP contribution in [0.15, 0.2) is 65.7 Å². The van der Waals surface area contributed by atoms with E-state index in [4.69, 9.17) is 5.14 Å². The van der Waals surface area contributed by atoms with Crippen LogP contribution >= 0.6 is 0 Å². The lowest BCUT2D eigenvalue weighted by Crippen LogP contribution is -2.11. The van der Waals surface area contributed by atoms with E-state index in [1.54, 1.807) is 18.3 Å². The van der Waals surface area contributed by atoms with E-state index >= 15 is 0 Å². The summed E-state index contributed by atoms with van der Waals surface area (Å²) in [7, 11) is -1.76. The van der Waals surface area contributed by atoms with Gasteiger partial charge in [0.15, 0.2) is 0 Å². The van der Waals surface area contributed by atoms with Gasteiger partial charge in [0.05, 0.1) is 22.3 Å². The van der Waals surface area contributed by atoms with Crippen molar-refractivity contribution in [3.8, 4) is 11.8 Å². The molecule has 5 nitrogen and oxygen atoms in total. The normalized spacial score (nSPS) is 11.0. The molecule has 0 bridgehead atoms. The summed E-state index contributed by atoms with van der Waals surface area (Å²) in [4.78, 5) is 0.0797. The average Bonchev–Trinajstić information content (AvgIpc) is 3.00. The van der Waals surface area contributed by atoms with Gasteiger partial charge in [-0.05, 0) is 49.1 Å². The van der Waals surface area contributed by atoms with Crippen LogP contribution < -0.4 is 5.14 Å². The van der Waals surface area contributed by atoms with Gasteiger partial charge in [-0.3, -0.25) is 4.68 Å². The molecule has 138 valence electrons. The lowest BCUT2D eigenvalue weighted by atomic mass is 10.1. The Morgan fingerprint density at radius 2 is 1.70 bits per heavy atom. The Morgan fingerprint density at radius 3 is 2.37 bits per heavy atom. The molecule has 0 aliphatic rings. The molecule has 0 amide bonds. The third-order valence-corrected chi connectivity index (χ3v) is 5.24. The molecule has 0 spiro atoms. The zero-order chi connectivity index (χ0) is 19.3. The van der Waals surface area contributed by atoms with E-state index in [1.165, 1.54) is 17.7 Å². The molecule has 0 atom stereocenters. The van der Waals surface area contributed by atoms with Crippen LogP contribution in [0.25, 0.3) is 0 Å². The molecule has 1 heterocycles. The van der Waals surface area contributed by atoms with Gasteiger partial charge in [0.2, 0.25) is 10.0 Å². The minimum atomic E-state index is -3.68. The summed E-state index contributed by atoms with van der Waals surface area (Å²) < 4.78 is 24.5. The highest BCUT2D eigenvalue weighted by molar-refractivity contribution is 7.89. The molecule has 2 N–H and O–H groups in total. The Labute approximate surface area is 159 Å². The van der Waals surface area contributed by atoms with Crippen molar-refractivity contribution in [1.29, 1.82) is 0 Å². The van der Waals surface area contributed by atoms with Crippen molar-refractivity contribution in [3.05, 3.63) is 83.2 Å². The lowest BCUT2D eigenvalue weighted by molar-refractivity contribution is 0.598. The van der Waals surface area contributed by atoms with Crippen LogP contribution in [-0.4, -0.2) is 18.2 Å². The number of aryl methyl sites for hydroxylation is 2. The van der Waals surface area contributed by atoms with E-state index in [1.807, 2.05) is 17.8 Å². The van der Waals surface area contributed by atoms with Crippen molar-refractivity contribution in [2.75, 3.05) is 0 Å². The summed E-state index contributed by atoms with van der Waals surface area (Å²) in [5, 5.41) is 9.43. The van der Waals surface area contributed by atoms with Crippen LogP contribution in [0, 0.1) is 11.8 Å². The Balaban J connectivity index is 1.71. The zero-order valence-corrected chi connectivity index (χ0v) is 15.9. The second-order valence-electron chi connectivity index (χ2n) is 6.29. The number of nitrogens with zero attached hydrogens (tertiary/aromatic N) is 2. The number of hydrogen-bond acceptors (Lipinski definition) is 3. The largest absolute Gasteiger partial charge is 0.271 e. The first kappa shape index (κ1) is 18.9. The Hall–Kier alpha value is -2.88. The van der Waals surface area contributed by atoms with Gasteiger partial charge in [0, 0.05) is 12.6 Å². The van der Waals surface area contributed by atoms with Crippen LogP contribution in [0.2, 0.25) is 0 Å². The number of benzene rings is 2. The first-order chi connectivity index (χ1) is 12.9. The molecule has 0 aliphatic heterocycles. The highest BCUT2D eigenvalue weighted by Gasteiger charge is 2.08. The molecule has 3 rings (SSSR count). The summed E-state index contributed by atoms with van der Waals surface area (Å²) in [6.45, 7) is 0. The van der Waals surface area contributed by atoms with Crippen LogP contribution in [0.5, 0.6) is 0 Å². The van der Waals surface area contributed by atoms with E-state index < -0.39 is 10.0 Å². The third-order valence-electron chi connectivity index (χ3n) is 4.31. The molecular formula is C21H21N3O2S. The Morgan fingerprint density at radius 1 is 1.00 bits per heavy atom. The molecule has 0 unspecified atom stereocenters. The Bertz CT molecular complexity index is 1070. The molecular weight excluding hydrogens is 358 g/mol. The van der Waals surface area contributed by atoms with Crippen molar-refractivity contribution < 1.29 is 8.42 Å². The second kappa shape index (κ2) is 8.21. The molecule has 1 aromatic heterocycles.